The number of phenolic OH excluding ortho intramolecular Hbond substituents is 2. The number of allylic oxidation sites excluding steroid dienone is 2. The lowest BCUT2D eigenvalue weighted by Crippen LogP contribution is -2.34. The number of fused-ring (bicyclic) bond motifs is 2. The number of methoxy groups -OCH3 is 2. The number of anilines is 2. The number of nitrogens with two attached hydrogens (primary N) is 2. The minimum Gasteiger partial charge on any atom is -0.506 e. The Bertz CT molecular complexity index is 1190. The zero-order valence-electron chi connectivity index (χ0n) is 23.4. The van der Waals surface area contributed by atoms with Crippen LogP contribution in [0.4, 0.5) is 11.4 Å². The van der Waals surface area contributed by atoms with Crippen molar-refractivity contribution in [2.24, 2.45) is 17.6 Å². The molecule has 5 atom stereocenters. The monoisotopic (exact) mass is 543 g/mol. The van der Waals surface area contributed by atoms with E-state index in [4.69, 9.17) is 20.9 Å². The van der Waals surface area contributed by atoms with Gasteiger partial charge in [0.2, 0.25) is 5.91 Å². The first-order valence-corrected chi connectivity index (χ1v) is 12.7. The van der Waals surface area contributed by atoms with E-state index in [0.29, 0.717) is 11.1 Å². The third-order valence-electron chi connectivity index (χ3n) is 6.95. The number of nitrogens with one attached hydrogen (secondary N) is 1. The van der Waals surface area contributed by atoms with Gasteiger partial charge in [-0.3, -0.25) is 9.59 Å². The number of carbonyl (C=O) groups excluding carboxylic acids is 2. The van der Waals surface area contributed by atoms with E-state index >= 15 is 0 Å². The molecular formula is C29H41N3O7. The Balaban J connectivity index is 2.69. The van der Waals surface area contributed by atoms with Crippen molar-refractivity contribution in [2.75, 3.05) is 25.3 Å². The predicted molar refractivity (Wildman–Crippen MR) is 152 cm³/mol. The van der Waals surface area contributed by atoms with Crippen LogP contribution in [0.2, 0.25) is 0 Å². The van der Waals surface area contributed by atoms with Crippen molar-refractivity contribution < 1.29 is 34.4 Å². The molecule has 1 aromatic rings. The second kappa shape index (κ2) is 14.0. The third kappa shape index (κ3) is 8.19. The Morgan fingerprint density at radius 1 is 1.18 bits per heavy atom. The molecule has 0 fully saturated rings. The maximum absolute atomic E-state index is 12.8. The summed E-state index contributed by atoms with van der Waals surface area (Å²) in [5.41, 5.74) is 13.4. The van der Waals surface area contributed by atoms with Crippen molar-refractivity contribution in [3.05, 3.63) is 52.7 Å². The highest BCUT2D eigenvalue weighted by molar-refractivity contribution is 6.05. The van der Waals surface area contributed by atoms with Gasteiger partial charge in [0.15, 0.2) is 0 Å². The Labute approximate surface area is 229 Å². The number of carbonyl (C=O) groups is 2. The minimum absolute atomic E-state index is 0.0199. The second-order valence-corrected chi connectivity index (χ2v) is 10.0. The van der Waals surface area contributed by atoms with Gasteiger partial charge < -0.3 is 41.6 Å². The molecule has 5 unspecified atom stereocenters. The second-order valence-electron chi connectivity index (χ2n) is 10.0. The van der Waals surface area contributed by atoms with E-state index in [-0.39, 0.29) is 47.2 Å². The first-order valence-electron chi connectivity index (χ1n) is 12.7. The quantitative estimate of drug-likeness (QED) is 0.145. The predicted octanol–water partition coefficient (Wildman–Crippen LogP) is 3.39. The zero-order valence-corrected chi connectivity index (χ0v) is 23.4. The number of amides is 2. The highest BCUT2D eigenvalue weighted by Crippen LogP contribution is 2.40. The number of hydrogen-bond acceptors (Lipinski definition) is 8. The molecule has 214 valence electrons. The van der Waals surface area contributed by atoms with Crippen molar-refractivity contribution in [2.45, 2.75) is 58.8 Å². The first kappa shape index (κ1) is 31.6. The number of primary amides is 1. The number of rotatable bonds is 4. The summed E-state index contributed by atoms with van der Waals surface area (Å²) in [5, 5.41) is 35.0. The van der Waals surface area contributed by atoms with Crippen LogP contribution in [0.1, 0.15) is 46.1 Å². The third-order valence-corrected chi connectivity index (χ3v) is 6.95. The number of phenols is 2. The summed E-state index contributed by atoms with van der Waals surface area (Å²) >= 11 is 0. The van der Waals surface area contributed by atoms with Gasteiger partial charge in [0.05, 0.1) is 29.7 Å². The number of ether oxygens (including phenoxy) is 2. The van der Waals surface area contributed by atoms with Crippen molar-refractivity contribution in [1.29, 1.82) is 0 Å². The maximum atomic E-state index is 12.8. The number of nitrogen functional groups attached to an aromatic ring is 1. The highest BCUT2D eigenvalue weighted by Gasteiger charge is 2.28. The Morgan fingerprint density at radius 3 is 2.44 bits per heavy atom. The van der Waals surface area contributed by atoms with E-state index in [1.807, 2.05) is 19.9 Å². The molecule has 2 amide bonds. The van der Waals surface area contributed by atoms with Gasteiger partial charge in [-0.05, 0) is 33.3 Å². The van der Waals surface area contributed by atoms with Crippen LogP contribution >= 0.6 is 0 Å². The summed E-state index contributed by atoms with van der Waals surface area (Å²) in [6, 6.07) is 1.17. The van der Waals surface area contributed by atoms with E-state index in [1.165, 1.54) is 20.3 Å². The van der Waals surface area contributed by atoms with E-state index in [9.17, 15) is 24.9 Å². The van der Waals surface area contributed by atoms with E-state index < -0.39 is 36.0 Å². The molecule has 2 bridgehead atoms. The molecule has 0 aliphatic carbocycles. The van der Waals surface area contributed by atoms with Crippen molar-refractivity contribution in [3.63, 3.8) is 0 Å². The average molecular weight is 544 g/mol. The Morgan fingerprint density at radius 2 is 1.85 bits per heavy atom. The molecule has 0 spiro atoms. The summed E-state index contributed by atoms with van der Waals surface area (Å²) in [5.74, 6) is -2.41. The molecule has 0 radical (unpaired) electrons. The van der Waals surface area contributed by atoms with E-state index in [1.54, 1.807) is 38.2 Å². The van der Waals surface area contributed by atoms with Crippen LogP contribution in [-0.4, -0.2) is 59.7 Å². The standard InChI is InChI=1S/C29H41N3O7/c1-15-10-20-26(31)22(33)14-21(28(20)36)32-29(37)16(2)8-7-9-23(38-5)19(13-25(30)34)17(3)12-18(4)27(35)24(11-15)39-6/h7-10,12,14,18-19,23-24,27,33,35-36H,11,13,31H2,1-6H3,(H2,30,34)(H,32,37). The van der Waals surface area contributed by atoms with E-state index in [0.717, 1.165) is 5.57 Å². The summed E-state index contributed by atoms with van der Waals surface area (Å²) in [4.78, 5) is 24.7. The van der Waals surface area contributed by atoms with Crippen molar-refractivity contribution >= 4 is 29.3 Å². The normalized spacial score (nSPS) is 25.4. The number of aliphatic hydroxyl groups is 1. The van der Waals surface area contributed by atoms with Gasteiger partial charge in [0.25, 0.3) is 5.91 Å². The molecule has 0 saturated carbocycles. The molecule has 1 aromatic carbocycles. The number of aromatic hydroxyl groups is 2. The SMILES string of the molecule is COC1C=CC=C(C)C(=O)Nc2cc(O)c(N)c(c2O)C=C(C)CC(OC)C(O)C(C)C=C(C)C1CC(N)=O. The molecule has 10 nitrogen and oxygen atoms in total. The molecule has 8 N–H and O–H groups in total. The molecule has 10 heteroatoms. The lowest BCUT2D eigenvalue weighted by molar-refractivity contribution is -0.119. The molecule has 1 aliphatic heterocycles. The fourth-order valence-corrected chi connectivity index (χ4v) is 4.61. The molecule has 0 aromatic heterocycles. The topological polar surface area (TPSA) is 177 Å². The lowest BCUT2D eigenvalue weighted by atomic mass is 9.86. The van der Waals surface area contributed by atoms with Crippen LogP contribution in [0.3, 0.4) is 0 Å². The summed E-state index contributed by atoms with van der Waals surface area (Å²) in [6.07, 6.45) is 6.57. The van der Waals surface area contributed by atoms with Gasteiger partial charge >= 0.3 is 0 Å². The smallest absolute Gasteiger partial charge is 0.251 e. The van der Waals surface area contributed by atoms with Crippen LogP contribution in [0.5, 0.6) is 11.5 Å². The van der Waals surface area contributed by atoms with Gasteiger partial charge in [0.1, 0.15) is 11.5 Å². The number of aliphatic hydroxyl groups excluding tert-OH is 1. The van der Waals surface area contributed by atoms with Crippen molar-refractivity contribution in [1.82, 2.24) is 0 Å². The van der Waals surface area contributed by atoms with Crippen LogP contribution < -0.4 is 16.8 Å². The van der Waals surface area contributed by atoms with Crippen LogP contribution in [0, 0.1) is 11.8 Å². The molecule has 1 aliphatic rings. The lowest BCUT2D eigenvalue weighted by Gasteiger charge is -2.28. The summed E-state index contributed by atoms with van der Waals surface area (Å²) in [7, 11) is 3.00. The maximum Gasteiger partial charge on any atom is 0.251 e. The number of benzene rings is 1. The molecule has 2 rings (SSSR count). The zero-order chi connectivity index (χ0) is 29.4. The Kier molecular flexibility index (Phi) is 11.3. The molecule has 1 heterocycles. The summed E-state index contributed by atoms with van der Waals surface area (Å²) in [6.45, 7) is 7.06. The molecule has 0 saturated heterocycles. The molecular weight excluding hydrogens is 502 g/mol. The summed E-state index contributed by atoms with van der Waals surface area (Å²) < 4.78 is 11.2. The van der Waals surface area contributed by atoms with Gasteiger partial charge in [-0.25, -0.2) is 0 Å². The van der Waals surface area contributed by atoms with Crippen LogP contribution in [-0.2, 0) is 19.1 Å². The van der Waals surface area contributed by atoms with Crippen LogP contribution in [0.25, 0.3) is 6.08 Å². The van der Waals surface area contributed by atoms with Gasteiger partial charge in [-0.2, -0.15) is 0 Å². The fraction of sp³-hybridized carbons (Fsp3) is 0.448. The van der Waals surface area contributed by atoms with Gasteiger partial charge in [-0.1, -0.05) is 42.4 Å². The fourth-order valence-electron chi connectivity index (χ4n) is 4.61. The van der Waals surface area contributed by atoms with E-state index in [2.05, 4.69) is 5.32 Å². The molecule has 39 heavy (non-hydrogen) atoms. The Hall–Kier alpha value is -3.60. The van der Waals surface area contributed by atoms with Crippen LogP contribution in [0.15, 0.2) is 47.1 Å². The number of hydrogen-bond donors (Lipinski definition) is 6. The minimum atomic E-state index is -0.920. The highest BCUT2D eigenvalue weighted by atomic mass is 16.5. The largest absolute Gasteiger partial charge is 0.506 e. The van der Waals surface area contributed by atoms with Gasteiger partial charge in [-0.15, -0.1) is 0 Å². The first-order chi connectivity index (χ1) is 18.3. The van der Waals surface area contributed by atoms with Crippen molar-refractivity contribution in [3.8, 4) is 11.5 Å². The average Bonchev–Trinajstić information content (AvgIpc) is 2.88. The van der Waals surface area contributed by atoms with Gasteiger partial charge in [0, 0.05) is 49.7 Å².